The number of nitrogens with zero attached hydrogens (tertiary/aromatic N) is 5. The molecule has 2 atom stereocenters. The number of nitrogens with one attached hydrogen (secondary N) is 2. The SMILES string of the molecule is CCCN1CC(=O)N[C@@H]2CN(C(=O)c3ocnc3C)C[C@H]2OCc2cc(F)cc(c2)Oc2cc(C(=O)NCCn3cc(Cl)cn3)cc(c2)C1=O. The van der Waals surface area contributed by atoms with E-state index in [4.69, 9.17) is 25.5 Å². The van der Waals surface area contributed by atoms with Crippen LogP contribution in [0.1, 0.15) is 55.9 Å². The van der Waals surface area contributed by atoms with Gasteiger partial charge in [0.05, 0.1) is 48.8 Å². The van der Waals surface area contributed by atoms with Crippen molar-refractivity contribution in [1.82, 2.24) is 35.2 Å². The van der Waals surface area contributed by atoms with Gasteiger partial charge in [0.2, 0.25) is 11.7 Å². The van der Waals surface area contributed by atoms with Crippen molar-refractivity contribution >= 4 is 35.2 Å². The lowest BCUT2D eigenvalue weighted by Crippen LogP contribution is -2.49. The van der Waals surface area contributed by atoms with Gasteiger partial charge >= 0.3 is 0 Å². The fourth-order valence-corrected chi connectivity index (χ4v) is 6.05. The fourth-order valence-electron chi connectivity index (χ4n) is 5.89. The molecule has 2 N–H and O–H groups in total. The predicted octanol–water partition coefficient (Wildman–Crippen LogP) is 3.59. The Bertz CT molecular complexity index is 1910. The van der Waals surface area contributed by atoms with Crippen LogP contribution in [0.25, 0.3) is 0 Å². The van der Waals surface area contributed by atoms with E-state index in [2.05, 4.69) is 20.7 Å². The number of carbonyl (C=O) groups is 4. The molecular weight excluding hydrogens is 673 g/mol. The molecule has 14 nitrogen and oxygen atoms in total. The van der Waals surface area contributed by atoms with Crippen LogP contribution < -0.4 is 15.4 Å². The summed E-state index contributed by atoms with van der Waals surface area (Å²) < 4.78 is 34.0. The Morgan fingerprint density at radius 2 is 1.92 bits per heavy atom. The zero-order valence-corrected chi connectivity index (χ0v) is 28.1. The second-order valence-corrected chi connectivity index (χ2v) is 12.5. The minimum Gasteiger partial charge on any atom is -0.457 e. The number of likely N-dealkylation sites (tertiary alicyclic amines) is 1. The number of oxazole rings is 1. The lowest BCUT2D eigenvalue weighted by atomic mass is 10.1. The largest absolute Gasteiger partial charge is 0.457 e. The van der Waals surface area contributed by atoms with Crippen LogP contribution in [0.4, 0.5) is 4.39 Å². The maximum Gasteiger partial charge on any atom is 0.291 e. The summed E-state index contributed by atoms with van der Waals surface area (Å²) >= 11 is 5.93. The van der Waals surface area contributed by atoms with Gasteiger partial charge in [0.25, 0.3) is 17.7 Å². The van der Waals surface area contributed by atoms with Crippen molar-refractivity contribution in [2.75, 3.05) is 32.7 Å². The number of carbonyl (C=O) groups excluding carboxylic acids is 4. The molecule has 4 aromatic rings. The van der Waals surface area contributed by atoms with Crippen LogP contribution >= 0.6 is 11.6 Å². The van der Waals surface area contributed by atoms with Gasteiger partial charge in [-0.25, -0.2) is 9.37 Å². The van der Waals surface area contributed by atoms with E-state index in [9.17, 15) is 23.6 Å². The zero-order valence-electron chi connectivity index (χ0n) is 27.4. The Labute approximate surface area is 291 Å². The van der Waals surface area contributed by atoms with Crippen LogP contribution in [0, 0.1) is 12.7 Å². The first-order valence-electron chi connectivity index (χ1n) is 16.0. The van der Waals surface area contributed by atoms with E-state index in [1.807, 2.05) is 6.92 Å². The summed E-state index contributed by atoms with van der Waals surface area (Å²) in [5.74, 6) is -2.19. The smallest absolute Gasteiger partial charge is 0.291 e. The van der Waals surface area contributed by atoms with E-state index >= 15 is 0 Å². The first kappa shape index (κ1) is 34.6. The van der Waals surface area contributed by atoms with Crippen molar-refractivity contribution in [2.45, 2.75) is 45.6 Å². The van der Waals surface area contributed by atoms with Crippen LogP contribution in [-0.2, 0) is 22.7 Å². The summed E-state index contributed by atoms with van der Waals surface area (Å²) in [4.78, 5) is 60.9. The Kier molecular flexibility index (Phi) is 10.4. The molecule has 4 heterocycles. The van der Waals surface area contributed by atoms with Gasteiger partial charge in [-0.1, -0.05) is 18.5 Å². The summed E-state index contributed by atoms with van der Waals surface area (Å²) in [5.41, 5.74) is 1.06. The average Bonchev–Trinajstić information content (AvgIpc) is 3.81. The van der Waals surface area contributed by atoms with Gasteiger partial charge in [0, 0.05) is 49.6 Å². The highest BCUT2D eigenvalue weighted by atomic mass is 35.5. The normalized spacial score (nSPS) is 18.0. The van der Waals surface area contributed by atoms with Crippen molar-refractivity contribution < 1.29 is 37.5 Å². The Balaban J connectivity index is 1.29. The number of ether oxygens (including phenoxy) is 2. The van der Waals surface area contributed by atoms with Crippen LogP contribution in [-0.4, -0.2) is 93.1 Å². The number of benzene rings is 2. The molecule has 0 spiro atoms. The number of hydrogen-bond acceptors (Lipinski definition) is 9. The molecule has 2 aromatic heterocycles. The summed E-state index contributed by atoms with van der Waals surface area (Å²) in [6.45, 7) is 4.17. The van der Waals surface area contributed by atoms with E-state index in [-0.39, 0.29) is 67.7 Å². The maximum atomic E-state index is 14.9. The van der Waals surface area contributed by atoms with Gasteiger partial charge in [0.15, 0.2) is 6.39 Å². The third-order valence-electron chi connectivity index (χ3n) is 8.23. The number of aryl methyl sites for hydroxylation is 1. The van der Waals surface area contributed by atoms with Crippen LogP contribution in [0.5, 0.6) is 11.5 Å². The number of aromatic nitrogens is 3. The third-order valence-corrected chi connectivity index (χ3v) is 8.42. The standard InChI is InChI=1S/C34H35ClFN7O7/c1-3-5-41-17-30(44)40-28-15-42(34(47)31-20(2)38-19-49-31)16-29(28)48-18-21-7-25(36)12-26(8-21)50-27-10-22(9-23(11-27)33(41)46)32(45)37-4-6-43-14-24(35)13-39-43/h7-14,19,28-29H,3-6,15-18H2,1-2H3,(H,37,45)(H,40,44)/t28-,29-/m1/s1. The van der Waals surface area contributed by atoms with E-state index in [0.29, 0.717) is 29.2 Å². The Morgan fingerprint density at radius 3 is 2.66 bits per heavy atom. The molecule has 1 saturated heterocycles. The molecule has 0 radical (unpaired) electrons. The topological polar surface area (TPSA) is 161 Å². The van der Waals surface area contributed by atoms with Gasteiger partial charge in [0.1, 0.15) is 17.3 Å². The van der Waals surface area contributed by atoms with E-state index in [0.717, 1.165) is 0 Å². The zero-order chi connectivity index (χ0) is 35.4. The lowest BCUT2D eigenvalue weighted by molar-refractivity contribution is -0.123. The minimum absolute atomic E-state index is 0.0653. The second-order valence-electron chi connectivity index (χ2n) is 12.0. The molecule has 2 aliphatic rings. The van der Waals surface area contributed by atoms with Crippen LogP contribution in [0.2, 0.25) is 5.02 Å². The van der Waals surface area contributed by atoms with Gasteiger partial charge < -0.3 is 34.3 Å². The minimum atomic E-state index is -0.666. The Hall–Kier alpha value is -5.28. The average molecular weight is 708 g/mol. The van der Waals surface area contributed by atoms with Crippen molar-refractivity contribution in [3.05, 3.63) is 94.2 Å². The Morgan fingerprint density at radius 1 is 1.10 bits per heavy atom. The molecule has 4 bridgehead atoms. The first-order chi connectivity index (χ1) is 24.1. The number of halogens is 2. The maximum absolute atomic E-state index is 14.9. The van der Waals surface area contributed by atoms with Gasteiger partial charge in [-0.3, -0.25) is 23.9 Å². The van der Waals surface area contributed by atoms with Gasteiger partial charge in [-0.15, -0.1) is 0 Å². The van der Waals surface area contributed by atoms with Crippen LogP contribution in [0.3, 0.4) is 0 Å². The summed E-state index contributed by atoms with van der Waals surface area (Å²) in [6.07, 6.45) is 4.17. The molecule has 262 valence electrons. The summed E-state index contributed by atoms with van der Waals surface area (Å²) in [7, 11) is 0. The summed E-state index contributed by atoms with van der Waals surface area (Å²) in [6, 6.07) is 7.70. The number of amides is 4. The second kappa shape index (κ2) is 15.1. The van der Waals surface area contributed by atoms with E-state index in [1.165, 1.54) is 52.7 Å². The van der Waals surface area contributed by atoms with Crippen molar-refractivity contribution in [1.29, 1.82) is 0 Å². The van der Waals surface area contributed by atoms with Crippen molar-refractivity contribution in [2.24, 2.45) is 0 Å². The molecule has 0 aliphatic carbocycles. The van der Waals surface area contributed by atoms with Gasteiger partial charge in [-0.2, -0.15) is 5.10 Å². The van der Waals surface area contributed by atoms with Crippen molar-refractivity contribution in [3.63, 3.8) is 0 Å². The molecule has 0 saturated carbocycles. The molecule has 50 heavy (non-hydrogen) atoms. The molecular formula is C34H35ClFN7O7. The molecule has 16 heteroatoms. The first-order valence-corrected chi connectivity index (χ1v) is 16.4. The molecule has 2 aliphatic heterocycles. The summed E-state index contributed by atoms with van der Waals surface area (Å²) in [5, 5.41) is 10.3. The molecule has 0 unspecified atom stereocenters. The van der Waals surface area contributed by atoms with E-state index in [1.54, 1.807) is 23.9 Å². The molecule has 6 rings (SSSR count). The number of rotatable bonds is 7. The quantitative estimate of drug-likeness (QED) is 0.293. The molecule has 2 aromatic carbocycles. The highest BCUT2D eigenvalue weighted by Gasteiger charge is 2.39. The fraction of sp³-hybridized carbons (Fsp3) is 0.353. The lowest BCUT2D eigenvalue weighted by Gasteiger charge is -2.25. The monoisotopic (exact) mass is 707 g/mol. The molecule has 4 amide bonds. The van der Waals surface area contributed by atoms with Crippen LogP contribution in [0.15, 0.2) is 59.6 Å². The van der Waals surface area contributed by atoms with Gasteiger partial charge in [-0.05, 0) is 49.2 Å². The highest BCUT2D eigenvalue weighted by molar-refractivity contribution is 6.30. The number of hydrogen-bond donors (Lipinski definition) is 2. The van der Waals surface area contributed by atoms with Crippen molar-refractivity contribution in [3.8, 4) is 11.5 Å². The van der Waals surface area contributed by atoms with E-state index < -0.39 is 41.6 Å². The predicted molar refractivity (Wildman–Crippen MR) is 176 cm³/mol. The third kappa shape index (κ3) is 8.12. The highest BCUT2D eigenvalue weighted by Crippen LogP contribution is 2.28. The number of fused-ring (bicyclic) bond motifs is 5. The molecule has 1 fully saturated rings.